The van der Waals surface area contributed by atoms with Gasteiger partial charge in [-0.2, -0.15) is 0 Å². The van der Waals surface area contributed by atoms with Crippen LogP contribution in [-0.2, 0) is 33.6 Å². The van der Waals surface area contributed by atoms with Crippen molar-refractivity contribution in [1.29, 1.82) is 0 Å². The number of unbranched alkanes of at least 4 members (excludes halogenated alkanes) is 10. The molecule has 0 aromatic carbocycles. The van der Waals surface area contributed by atoms with Gasteiger partial charge >= 0.3 is 0 Å². The molecule has 9 N–H and O–H groups in total. The van der Waals surface area contributed by atoms with Gasteiger partial charge < -0.3 is 47.9 Å². The van der Waals surface area contributed by atoms with E-state index in [2.05, 4.69) is 60.4 Å². The lowest BCUT2D eigenvalue weighted by Crippen LogP contribution is -2.49. The van der Waals surface area contributed by atoms with Crippen molar-refractivity contribution in [3.63, 3.8) is 0 Å². The molecule has 0 saturated carbocycles. The number of amides is 7. The number of nitrogens with zero attached hydrogens (tertiary/aromatic N) is 2. The van der Waals surface area contributed by atoms with Crippen LogP contribution in [0.15, 0.2) is 12.2 Å². The summed E-state index contributed by atoms with van der Waals surface area (Å²) in [7, 11) is 0. The van der Waals surface area contributed by atoms with Gasteiger partial charge in [-0.05, 0) is 87.9 Å². The molecule has 0 aromatic rings. The van der Waals surface area contributed by atoms with E-state index in [9.17, 15) is 33.6 Å². The fourth-order valence-electron chi connectivity index (χ4n) is 8.73. The molecule has 16 nitrogen and oxygen atoms in total. The number of hydrogen-bond acceptors (Lipinski definition) is 9. The predicted molar refractivity (Wildman–Crippen MR) is 282 cm³/mol. The van der Waals surface area contributed by atoms with Crippen molar-refractivity contribution in [3.05, 3.63) is 12.2 Å². The maximum atomic E-state index is 13.2. The van der Waals surface area contributed by atoms with Crippen molar-refractivity contribution in [2.75, 3.05) is 45.8 Å². The van der Waals surface area contributed by atoms with Gasteiger partial charge in [0.05, 0.1) is 13.1 Å². The Balaban J connectivity index is 2.31. The third-order valence-corrected chi connectivity index (χ3v) is 12.3. The number of rotatable bonds is 41. The van der Waals surface area contributed by atoms with E-state index in [0.29, 0.717) is 83.1 Å². The van der Waals surface area contributed by atoms with Crippen molar-refractivity contribution in [1.82, 2.24) is 36.4 Å². The molecule has 7 amide bonds. The number of allylic oxidation sites excluding steroid dienone is 1. The van der Waals surface area contributed by atoms with Crippen LogP contribution in [0.1, 0.15) is 197 Å². The molecule has 0 aromatic heterocycles. The van der Waals surface area contributed by atoms with Crippen molar-refractivity contribution in [3.8, 4) is 0 Å². The summed E-state index contributed by atoms with van der Waals surface area (Å²) in [4.78, 5) is 92.9. The van der Waals surface area contributed by atoms with Crippen LogP contribution >= 0.6 is 0 Å². The molecule has 0 unspecified atom stereocenters. The van der Waals surface area contributed by atoms with Gasteiger partial charge in [-0.25, -0.2) is 0 Å². The molecule has 1 aliphatic carbocycles. The monoisotopic (exact) mass is 988 g/mol. The molecule has 0 heterocycles. The van der Waals surface area contributed by atoms with Crippen molar-refractivity contribution in [2.45, 2.75) is 221 Å². The van der Waals surface area contributed by atoms with E-state index in [1.54, 1.807) is 9.80 Å². The van der Waals surface area contributed by atoms with Crippen LogP contribution < -0.4 is 38.1 Å². The minimum atomic E-state index is -0.613. The molecule has 16 heteroatoms. The zero-order valence-corrected chi connectivity index (χ0v) is 45.2. The number of carbonyl (C=O) groups excluding carboxylic acids is 7. The van der Waals surface area contributed by atoms with Crippen molar-refractivity contribution in [2.24, 2.45) is 35.1 Å². The number of nitrogens with one attached hydrogen (secondary N) is 5. The van der Waals surface area contributed by atoms with E-state index >= 15 is 0 Å². The van der Waals surface area contributed by atoms with Crippen LogP contribution in [-0.4, -0.2) is 121 Å². The standard InChI is InChI=1S/C54H101N9O7/c1-40(2)32-44(55)36-62(52(68)34-42(5)6)38-50(66)58-30-21-13-9-11-17-27-48(64)57-29-23-15-16-26-47(54(70)60-46-24-19-20-25-46)61-49(65)28-18-12-10-14-22-31-59-51(67)39-63(53(69)35-43(7)8)37-45(56)33-41(3)4/h19,24,40-47H,9-18,20-23,25-39,55-56H2,1-8H3,(H,57,64)(H,58,66)(H,59,67)(H,60,70)(H,61,65)/t44-,45-,46+,47-/m0/s1. The second kappa shape index (κ2) is 38.6. The van der Waals surface area contributed by atoms with Crippen LogP contribution in [0, 0.1) is 23.7 Å². The Labute approximate surface area is 423 Å². The Morgan fingerprint density at radius 3 is 1.37 bits per heavy atom. The Morgan fingerprint density at radius 1 is 0.529 bits per heavy atom. The third-order valence-electron chi connectivity index (χ3n) is 12.3. The van der Waals surface area contributed by atoms with Gasteiger partial charge in [0, 0.05) is 76.5 Å². The highest BCUT2D eigenvalue weighted by atomic mass is 16.2. The van der Waals surface area contributed by atoms with Crippen LogP contribution in [0.3, 0.4) is 0 Å². The van der Waals surface area contributed by atoms with Gasteiger partial charge in [-0.15, -0.1) is 0 Å². The van der Waals surface area contributed by atoms with Crippen LogP contribution in [0.5, 0.6) is 0 Å². The first-order chi connectivity index (χ1) is 33.2. The average molecular weight is 988 g/mol. The minimum Gasteiger partial charge on any atom is -0.356 e. The van der Waals surface area contributed by atoms with E-state index < -0.39 is 6.04 Å². The molecule has 1 aliphatic rings. The molecule has 1 rings (SSSR count). The molecule has 0 bridgehead atoms. The Hall–Kier alpha value is -4.05. The summed E-state index contributed by atoms with van der Waals surface area (Å²) in [5.41, 5.74) is 12.6. The molecule has 0 fully saturated rings. The molecule has 70 heavy (non-hydrogen) atoms. The smallest absolute Gasteiger partial charge is 0.243 e. The van der Waals surface area contributed by atoms with Gasteiger partial charge in [0.15, 0.2) is 0 Å². The second-order valence-electron chi connectivity index (χ2n) is 21.7. The van der Waals surface area contributed by atoms with Gasteiger partial charge in [-0.3, -0.25) is 33.6 Å². The molecule has 0 aliphatic heterocycles. The average Bonchev–Trinajstić information content (AvgIpc) is 3.77. The largest absolute Gasteiger partial charge is 0.356 e. The molecular formula is C54H101N9O7. The maximum absolute atomic E-state index is 13.2. The van der Waals surface area contributed by atoms with Gasteiger partial charge in [0.25, 0.3) is 0 Å². The highest BCUT2D eigenvalue weighted by molar-refractivity contribution is 5.88. The predicted octanol–water partition coefficient (Wildman–Crippen LogP) is 6.39. The lowest BCUT2D eigenvalue weighted by atomic mass is 10.0. The Kier molecular flexibility index (Phi) is 35.3. The number of carbonyl (C=O) groups is 7. The lowest BCUT2D eigenvalue weighted by molar-refractivity contribution is -0.137. The topological polar surface area (TPSA) is 238 Å². The first kappa shape index (κ1) is 64.0. The summed E-state index contributed by atoms with van der Waals surface area (Å²) >= 11 is 0. The lowest BCUT2D eigenvalue weighted by Gasteiger charge is -2.27. The normalized spacial score (nSPS) is 14.7. The molecule has 0 spiro atoms. The van der Waals surface area contributed by atoms with Crippen molar-refractivity contribution >= 4 is 41.4 Å². The van der Waals surface area contributed by atoms with Crippen LogP contribution in [0.2, 0.25) is 0 Å². The third kappa shape index (κ3) is 34.3. The first-order valence-electron chi connectivity index (χ1n) is 27.4. The highest BCUT2D eigenvalue weighted by Crippen LogP contribution is 2.14. The fraction of sp³-hybridized carbons (Fsp3) is 0.833. The number of nitrogens with two attached hydrogens (primary N) is 2. The number of hydrogen-bond donors (Lipinski definition) is 7. The highest BCUT2D eigenvalue weighted by Gasteiger charge is 2.25. The summed E-state index contributed by atoms with van der Waals surface area (Å²) < 4.78 is 0. The van der Waals surface area contributed by atoms with Gasteiger partial charge in [-0.1, -0.05) is 119 Å². The fourth-order valence-corrected chi connectivity index (χ4v) is 8.73. The Morgan fingerprint density at radius 2 is 0.943 bits per heavy atom. The summed E-state index contributed by atoms with van der Waals surface area (Å²) in [6.07, 6.45) is 20.5. The van der Waals surface area contributed by atoms with Gasteiger partial charge in [0.1, 0.15) is 6.04 Å². The summed E-state index contributed by atoms with van der Waals surface area (Å²) in [6, 6.07) is -0.966. The quantitative estimate of drug-likeness (QED) is 0.0265. The Bertz CT molecular complexity index is 1540. The molecule has 4 atom stereocenters. The molecule has 404 valence electrons. The molecule has 0 radical (unpaired) electrons. The van der Waals surface area contributed by atoms with E-state index in [1.165, 1.54) is 0 Å². The van der Waals surface area contributed by atoms with E-state index in [1.807, 2.05) is 33.8 Å². The summed E-state index contributed by atoms with van der Waals surface area (Å²) in [6.45, 7) is 18.8. The SMILES string of the molecule is CC(C)CC(=O)N(CC(=O)NCCCCCCCC(=O)NCCCCC[C@H](NC(=O)CCCCCCCNC(=O)CN(C[C@@H](N)CC(C)C)C(=O)CC(C)C)C(=O)N[C@@H]1C=CCC1)C[C@@H](N)CC(C)C. The zero-order valence-electron chi connectivity index (χ0n) is 45.2. The second-order valence-corrected chi connectivity index (χ2v) is 21.7. The van der Waals surface area contributed by atoms with Gasteiger partial charge in [0.2, 0.25) is 41.4 Å². The van der Waals surface area contributed by atoms with E-state index in [0.717, 1.165) is 103 Å². The van der Waals surface area contributed by atoms with Crippen molar-refractivity contribution < 1.29 is 33.6 Å². The minimum absolute atomic E-state index is 0.0122. The summed E-state index contributed by atoms with van der Waals surface area (Å²) in [5.74, 6) is 0.533. The van der Waals surface area contributed by atoms with Crippen LogP contribution in [0.4, 0.5) is 0 Å². The van der Waals surface area contributed by atoms with E-state index in [-0.39, 0.29) is 84.4 Å². The molecular weight excluding hydrogens is 887 g/mol. The van der Waals surface area contributed by atoms with E-state index in [4.69, 9.17) is 11.5 Å². The maximum Gasteiger partial charge on any atom is 0.243 e. The molecule has 0 saturated heterocycles. The first-order valence-corrected chi connectivity index (χ1v) is 27.4. The summed E-state index contributed by atoms with van der Waals surface area (Å²) in [5, 5.41) is 15.0. The van der Waals surface area contributed by atoms with Crippen LogP contribution in [0.25, 0.3) is 0 Å². The zero-order chi connectivity index (χ0) is 52.3.